The molecule has 0 radical (unpaired) electrons. The lowest BCUT2D eigenvalue weighted by Crippen LogP contribution is -2.32. The minimum Gasteiger partial charge on any atom is -0.491 e. The van der Waals surface area contributed by atoms with E-state index in [9.17, 15) is 14.4 Å². The van der Waals surface area contributed by atoms with E-state index in [-0.39, 0.29) is 30.9 Å². The van der Waals surface area contributed by atoms with Crippen LogP contribution in [0, 0.1) is 13.8 Å². The highest BCUT2D eigenvalue weighted by atomic mass is 79.9. The van der Waals surface area contributed by atoms with Crippen LogP contribution in [0.1, 0.15) is 23.6 Å². The number of amides is 2. The number of nitrogens with zero attached hydrogens (tertiary/aromatic N) is 1. The minimum atomic E-state index is -0.529. The number of ether oxygens (including phenoxy) is 4. The number of rotatable bonds is 10. The van der Waals surface area contributed by atoms with Gasteiger partial charge in [0.05, 0.1) is 29.6 Å². The molecule has 0 atom stereocenters. The van der Waals surface area contributed by atoms with Gasteiger partial charge in [-0.2, -0.15) is 0 Å². The number of carbonyl (C=O) groups excluding carboxylic acids is 3. The summed E-state index contributed by atoms with van der Waals surface area (Å²) in [6.07, 6.45) is 1.62. The van der Waals surface area contributed by atoms with Crippen molar-refractivity contribution in [1.29, 1.82) is 0 Å². The molecule has 10 heteroatoms. The van der Waals surface area contributed by atoms with Crippen molar-refractivity contribution < 1.29 is 33.3 Å². The van der Waals surface area contributed by atoms with Gasteiger partial charge in [-0.1, -0.05) is 12.1 Å². The molecule has 0 unspecified atom stereocenters. The maximum Gasteiger partial charge on any atom is 0.343 e. The van der Waals surface area contributed by atoms with Crippen LogP contribution in [0.25, 0.3) is 6.08 Å². The van der Waals surface area contributed by atoms with Crippen molar-refractivity contribution in [3.8, 4) is 17.2 Å². The Morgan fingerprint density at radius 2 is 1.86 bits per heavy atom. The Hall–Kier alpha value is -2.98. The highest BCUT2D eigenvalue weighted by molar-refractivity contribution is 9.10. The lowest BCUT2D eigenvalue weighted by atomic mass is 10.1. The standard InChI is InChI=1S/C25H26BrNO7S/c1-5-32-20-12-17(11-18(26)23(20)34-14-22(28)31-4)13-21-24(29)27(25(30)35-21)8-9-33-19-10-15(2)6-7-16(19)3/h6-7,10-13H,5,8-9,14H2,1-4H3/b21-13-. The second-order valence-corrected chi connectivity index (χ2v) is 9.43. The van der Waals surface area contributed by atoms with Gasteiger partial charge in [0.2, 0.25) is 0 Å². The molecule has 1 fully saturated rings. The monoisotopic (exact) mass is 563 g/mol. The molecule has 3 rings (SSSR count). The van der Waals surface area contributed by atoms with Crippen LogP contribution < -0.4 is 14.2 Å². The van der Waals surface area contributed by atoms with Crippen LogP contribution in [0.3, 0.4) is 0 Å². The average molecular weight is 564 g/mol. The van der Waals surface area contributed by atoms with Crippen LogP contribution in [-0.2, 0) is 14.3 Å². The van der Waals surface area contributed by atoms with Gasteiger partial charge in [0, 0.05) is 0 Å². The number of hydrogen-bond acceptors (Lipinski definition) is 8. The molecule has 0 aromatic heterocycles. The van der Waals surface area contributed by atoms with E-state index in [1.165, 1.54) is 12.0 Å². The van der Waals surface area contributed by atoms with Gasteiger partial charge in [-0.15, -0.1) is 0 Å². The third-order valence-corrected chi connectivity index (χ3v) is 6.48. The summed E-state index contributed by atoms with van der Waals surface area (Å²) < 4.78 is 22.1. The lowest BCUT2D eigenvalue weighted by molar-refractivity contribution is -0.143. The Morgan fingerprint density at radius 1 is 1.09 bits per heavy atom. The molecule has 1 saturated heterocycles. The maximum atomic E-state index is 12.9. The Balaban J connectivity index is 1.73. The van der Waals surface area contributed by atoms with Crippen LogP contribution in [0.15, 0.2) is 39.7 Å². The molecule has 1 heterocycles. The van der Waals surface area contributed by atoms with E-state index in [1.54, 1.807) is 18.2 Å². The summed E-state index contributed by atoms with van der Waals surface area (Å²) in [6.45, 7) is 6.15. The van der Waals surface area contributed by atoms with Gasteiger partial charge >= 0.3 is 5.97 Å². The predicted octanol–water partition coefficient (Wildman–Crippen LogP) is 5.13. The van der Waals surface area contributed by atoms with Crippen LogP contribution >= 0.6 is 27.7 Å². The van der Waals surface area contributed by atoms with E-state index in [0.717, 1.165) is 28.6 Å². The molecule has 0 aliphatic carbocycles. The molecule has 2 aromatic rings. The molecular formula is C25H26BrNO7S. The molecule has 0 spiro atoms. The Morgan fingerprint density at radius 3 is 2.57 bits per heavy atom. The normalized spacial score (nSPS) is 14.4. The van der Waals surface area contributed by atoms with Gasteiger partial charge in [-0.05, 0) is 89.4 Å². The molecule has 0 bridgehead atoms. The molecule has 2 amide bonds. The van der Waals surface area contributed by atoms with Crippen molar-refractivity contribution in [2.24, 2.45) is 0 Å². The predicted molar refractivity (Wildman–Crippen MR) is 137 cm³/mol. The van der Waals surface area contributed by atoms with Crippen molar-refractivity contribution in [2.75, 3.05) is 33.5 Å². The number of hydrogen-bond donors (Lipinski definition) is 0. The smallest absolute Gasteiger partial charge is 0.343 e. The number of aryl methyl sites for hydroxylation is 2. The number of carbonyl (C=O) groups is 3. The summed E-state index contributed by atoms with van der Waals surface area (Å²) in [4.78, 5) is 38.3. The van der Waals surface area contributed by atoms with E-state index >= 15 is 0 Å². The first-order chi connectivity index (χ1) is 16.7. The van der Waals surface area contributed by atoms with Crippen molar-refractivity contribution in [2.45, 2.75) is 20.8 Å². The molecule has 186 valence electrons. The van der Waals surface area contributed by atoms with Gasteiger partial charge in [-0.25, -0.2) is 4.79 Å². The molecule has 8 nitrogen and oxygen atoms in total. The molecule has 1 aliphatic heterocycles. The van der Waals surface area contributed by atoms with Gasteiger partial charge in [-0.3, -0.25) is 14.5 Å². The van der Waals surface area contributed by atoms with Crippen LogP contribution in [0.2, 0.25) is 0 Å². The van der Waals surface area contributed by atoms with E-state index in [0.29, 0.717) is 33.0 Å². The number of esters is 1. The summed E-state index contributed by atoms with van der Waals surface area (Å²) in [5, 5.41) is -0.354. The highest BCUT2D eigenvalue weighted by Gasteiger charge is 2.35. The molecular weight excluding hydrogens is 538 g/mol. The molecule has 0 N–H and O–H groups in total. The third kappa shape index (κ3) is 6.79. The lowest BCUT2D eigenvalue weighted by Gasteiger charge is -2.15. The Bertz CT molecular complexity index is 1160. The molecule has 0 saturated carbocycles. The summed E-state index contributed by atoms with van der Waals surface area (Å²) in [5.41, 5.74) is 2.68. The van der Waals surface area contributed by atoms with E-state index in [4.69, 9.17) is 14.2 Å². The second kappa shape index (κ2) is 12.1. The van der Waals surface area contributed by atoms with Gasteiger partial charge in [0.25, 0.3) is 11.1 Å². The van der Waals surface area contributed by atoms with Crippen LogP contribution in [0.4, 0.5) is 4.79 Å². The van der Waals surface area contributed by atoms with Crippen molar-refractivity contribution in [1.82, 2.24) is 4.90 Å². The Kier molecular flexibility index (Phi) is 9.22. The van der Waals surface area contributed by atoms with Gasteiger partial charge in [0.15, 0.2) is 18.1 Å². The van der Waals surface area contributed by atoms with Gasteiger partial charge in [0.1, 0.15) is 12.4 Å². The summed E-state index contributed by atoms with van der Waals surface area (Å²) in [6, 6.07) is 9.28. The van der Waals surface area contributed by atoms with Gasteiger partial charge < -0.3 is 18.9 Å². The topological polar surface area (TPSA) is 91.4 Å². The number of halogens is 1. The number of methoxy groups -OCH3 is 1. The number of thioether (sulfide) groups is 1. The SMILES string of the molecule is CCOc1cc(/C=C2\SC(=O)N(CCOc3cc(C)ccc3C)C2=O)cc(Br)c1OCC(=O)OC. The molecule has 1 aliphatic rings. The van der Waals surface area contributed by atoms with Crippen molar-refractivity contribution in [3.05, 3.63) is 56.4 Å². The van der Waals surface area contributed by atoms with E-state index < -0.39 is 5.97 Å². The summed E-state index contributed by atoms with van der Waals surface area (Å²) in [5.74, 6) is 0.544. The van der Waals surface area contributed by atoms with Crippen LogP contribution in [-0.4, -0.2) is 55.5 Å². The zero-order valence-corrected chi connectivity index (χ0v) is 22.3. The maximum absolute atomic E-state index is 12.9. The summed E-state index contributed by atoms with van der Waals surface area (Å²) >= 11 is 4.29. The van der Waals surface area contributed by atoms with Crippen molar-refractivity contribution in [3.63, 3.8) is 0 Å². The van der Waals surface area contributed by atoms with E-state index in [1.807, 2.05) is 39.0 Å². The second-order valence-electron chi connectivity index (χ2n) is 7.58. The molecule has 2 aromatic carbocycles. The first-order valence-electron chi connectivity index (χ1n) is 10.8. The number of benzene rings is 2. The Labute approximate surface area is 216 Å². The fraction of sp³-hybridized carbons (Fsp3) is 0.320. The first-order valence-corrected chi connectivity index (χ1v) is 12.5. The third-order valence-electron chi connectivity index (χ3n) is 4.98. The van der Waals surface area contributed by atoms with E-state index in [2.05, 4.69) is 20.7 Å². The fourth-order valence-electron chi connectivity index (χ4n) is 3.22. The zero-order valence-electron chi connectivity index (χ0n) is 19.9. The minimum absolute atomic E-state index is 0.142. The molecule has 35 heavy (non-hydrogen) atoms. The number of imide groups is 1. The quantitative estimate of drug-likeness (QED) is 0.290. The highest BCUT2D eigenvalue weighted by Crippen LogP contribution is 2.39. The first kappa shape index (κ1) is 26.6. The largest absolute Gasteiger partial charge is 0.491 e. The summed E-state index contributed by atoms with van der Waals surface area (Å²) in [7, 11) is 1.27. The average Bonchev–Trinajstić information content (AvgIpc) is 3.08. The van der Waals surface area contributed by atoms with Crippen LogP contribution in [0.5, 0.6) is 17.2 Å². The fourth-order valence-corrected chi connectivity index (χ4v) is 4.66. The van der Waals surface area contributed by atoms with Crippen molar-refractivity contribution >= 4 is 50.9 Å². The zero-order chi connectivity index (χ0) is 25.5.